The molecule has 2 rings (SSSR count). The molecule has 0 bridgehead atoms. The van der Waals surface area contributed by atoms with Crippen molar-refractivity contribution in [3.05, 3.63) is 17.6 Å². The Kier molecular flexibility index (Phi) is 3.94. The quantitative estimate of drug-likeness (QED) is 0.858. The molecule has 2 N–H and O–H groups in total. The molecule has 4 heteroatoms. The number of aryl methyl sites for hydroxylation is 2. The summed E-state index contributed by atoms with van der Waals surface area (Å²) in [5, 5.41) is 0. The van der Waals surface area contributed by atoms with Gasteiger partial charge in [-0.3, -0.25) is 0 Å². The third kappa shape index (κ3) is 2.94. The molecule has 1 aromatic rings. The van der Waals surface area contributed by atoms with Crippen LogP contribution in [0.1, 0.15) is 31.3 Å². The van der Waals surface area contributed by atoms with Crippen molar-refractivity contribution in [2.75, 3.05) is 24.5 Å². The van der Waals surface area contributed by atoms with Crippen LogP contribution in [0.25, 0.3) is 0 Å². The molecule has 2 heterocycles. The van der Waals surface area contributed by atoms with Crippen molar-refractivity contribution in [2.24, 2.45) is 11.7 Å². The number of anilines is 1. The predicted octanol–water partition coefficient (Wildman–Crippen LogP) is 1.52. The first-order chi connectivity index (χ1) is 8.22. The lowest BCUT2D eigenvalue weighted by Crippen LogP contribution is -2.22. The van der Waals surface area contributed by atoms with E-state index < -0.39 is 0 Å². The minimum atomic E-state index is 0.736. The van der Waals surface area contributed by atoms with E-state index in [9.17, 15) is 0 Å². The van der Waals surface area contributed by atoms with Gasteiger partial charge in [0.2, 0.25) is 0 Å². The molecule has 0 aromatic carbocycles. The molecule has 0 amide bonds. The van der Waals surface area contributed by atoms with Crippen LogP contribution in [-0.2, 0) is 6.42 Å². The van der Waals surface area contributed by atoms with Crippen molar-refractivity contribution in [1.29, 1.82) is 0 Å². The van der Waals surface area contributed by atoms with Gasteiger partial charge in [-0.25, -0.2) is 9.97 Å². The van der Waals surface area contributed by atoms with Gasteiger partial charge in [0.05, 0.1) is 0 Å². The number of rotatable bonds is 4. The van der Waals surface area contributed by atoms with E-state index in [0.717, 1.165) is 55.7 Å². The zero-order chi connectivity index (χ0) is 12.3. The monoisotopic (exact) mass is 234 g/mol. The second-order valence-electron chi connectivity index (χ2n) is 4.80. The van der Waals surface area contributed by atoms with E-state index >= 15 is 0 Å². The lowest BCUT2D eigenvalue weighted by molar-refractivity contribution is 0.546. The molecular formula is C13H22N4. The summed E-state index contributed by atoms with van der Waals surface area (Å²) in [5.41, 5.74) is 6.75. The van der Waals surface area contributed by atoms with Gasteiger partial charge in [0.15, 0.2) is 0 Å². The number of nitrogens with zero attached hydrogens (tertiary/aromatic N) is 3. The van der Waals surface area contributed by atoms with Crippen molar-refractivity contribution >= 4 is 5.82 Å². The van der Waals surface area contributed by atoms with Gasteiger partial charge in [-0.1, -0.05) is 6.92 Å². The molecular weight excluding hydrogens is 212 g/mol. The van der Waals surface area contributed by atoms with Crippen molar-refractivity contribution in [1.82, 2.24) is 9.97 Å². The Balaban J connectivity index is 2.10. The van der Waals surface area contributed by atoms with E-state index in [1.165, 1.54) is 6.42 Å². The molecule has 0 saturated carbocycles. The maximum absolute atomic E-state index is 5.62. The van der Waals surface area contributed by atoms with Gasteiger partial charge in [0.1, 0.15) is 11.6 Å². The number of hydrogen-bond acceptors (Lipinski definition) is 4. The van der Waals surface area contributed by atoms with Crippen LogP contribution in [0.5, 0.6) is 0 Å². The van der Waals surface area contributed by atoms with E-state index in [0.29, 0.717) is 0 Å². The van der Waals surface area contributed by atoms with Gasteiger partial charge in [-0.15, -0.1) is 0 Å². The van der Waals surface area contributed by atoms with Crippen molar-refractivity contribution in [3.8, 4) is 0 Å². The van der Waals surface area contributed by atoms with Crippen molar-refractivity contribution in [2.45, 2.75) is 33.1 Å². The Labute approximate surface area is 103 Å². The molecule has 1 atom stereocenters. The Hall–Kier alpha value is -1.16. The van der Waals surface area contributed by atoms with Crippen LogP contribution in [0, 0.1) is 12.8 Å². The fourth-order valence-corrected chi connectivity index (χ4v) is 2.47. The van der Waals surface area contributed by atoms with E-state index in [1.54, 1.807) is 0 Å². The minimum Gasteiger partial charge on any atom is -0.356 e. The lowest BCUT2D eigenvalue weighted by atomic mass is 10.1. The summed E-state index contributed by atoms with van der Waals surface area (Å²) in [6.45, 7) is 7.09. The number of aromatic nitrogens is 2. The summed E-state index contributed by atoms with van der Waals surface area (Å²) in [4.78, 5) is 11.3. The largest absolute Gasteiger partial charge is 0.356 e. The molecule has 0 radical (unpaired) electrons. The standard InChI is InChI=1S/C13H22N4/c1-3-12-8-13(16-10(2)15-12)17-7-5-11(9-17)4-6-14/h8,11H,3-7,9,14H2,1-2H3. The molecule has 1 fully saturated rings. The van der Waals surface area contributed by atoms with Crippen molar-refractivity contribution in [3.63, 3.8) is 0 Å². The minimum absolute atomic E-state index is 0.736. The normalized spacial score (nSPS) is 19.9. The molecule has 4 nitrogen and oxygen atoms in total. The molecule has 0 aliphatic carbocycles. The van der Waals surface area contributed by atoms with Crippen LogP contribution < -0.4 is 10.6 Å². The van der Waals surface area contributed by atoms with Gasteiger partial charge in [-0.2, -0.15) is 0 Å². The average molecular weight is 234 g/mol. The maximum Gasteiger partial charge on any atom is 0.132 e. The average Bonchev–Trinajstić information content (AvgIpc) is 2.77. The molecule has 1 unspecified atom stereocenters. The highest BCUT2D eigenvalue weighted by molar-refractivity contribution is 5.41. The first kappa shape index (κ1) is 12.3. The summed E-state index contributed by atoms with van der Waals surface area (Å²) in [6.07, 6.45) is 3.33. The second kappa shape index (κ2) is 5.45. The summed E-state index contributed by atoms with van der Waals surface area (Å²) in [6, 6.07) is 2.12. The Morgan fingerprint density at radius 1 is 1.47 bits per heavy atom. The zero-order valence-electron chi connectivity index (χ0n) is 10.8. The third-order valence-electron chi connectivity index (χ3n) is 3.42. The summed E-state index contributed by atoms with van der Waals surface area (Å²) in [5.74, 6) is 2.70. The van der Waals surface area contributed by atoms with Crippen LogP contribution >= 0.6 is 0 Å². The predicted molar refractivity (Wildman–Crippen MR) is 70.1 cm³/mol. The van der Waals surface area contributed by atoms with Gasteiger partial charge in [0, 0.05) is 24.8 Å². The van der Waals surface area contributed by atoms with Gasteiger partial charge in [0.25, 0.3) is 0 Å². The van der Waals surface area contributed by atoms with Crippen LogP contribution in [0.3, 0.4) is 0 Å². The lowest BCUT2D eigenvalue weighted by Gasteiger charge is -2.18. The van der Waals surface area contributed by atoms with Crippen LogP contribution in [0.2, 0.25) is 0 Å². The number of nitrogens with two attached hydrogens (primary N) is 1. The van der Waals surface area contributed by atoms with E-state index in [-0.39, 0.29) is 0 Å². The Bertz CT molecular complexity index is 378. The smallest absolute Gasteiger partial charge is 0.132 e. The van der Waals surface area contributed by atoms with E-state index in [4.69, 9.17) is 5.73 Å². The molecule has 1 aliphatic rings. The summed E-state index contributed by atoms with van der Waals surface area (Å²) >= 11 is 0. The van der Waals surface area contributed by atoms with Crippen LogP contribution in [0.15, 0.2) is 6.07 Å². The van der Waals surface area contributed by atoms with E-state index in [2.05, 4.69) is 27.9 Å². The Morgan fingerprint density at radius 3 is 3.00 bits per heavy atom. The number of hydrogen-bond donors (Lipinski definition) is 1. The molecule has 1 saturated heterocycles. The van der Waals surface area contributed by atoms with Gasteiger partial charge >= 0.3 is 0 Å². The maximum atomic E-state index is 5.62. The third-order valence-corrected chi connectivity index (χ3v) is 3.42. The highest BCUT2D eigenvalue weighted by Gasteiger charge is 2.23. The molecule has 0 spiro atoms. The summed E-state index contributed by atoms with van der Waals surface area (Å²) in [7, 11) is 0. The first-order valence-corrected chi connectivity index (χ1v) is 6.52. The topological polar surface area (TPSA) is 55.0 Å². The zero-order valence-corrected chi connectivity index (χ0v) is 10.8. The van der Waals surface area contributed by atoms with Crippen LogP contribution in [0.4, 0.5) is 5.82 Å². The molecule has 17 heavy (non-hydrogen) atoms. The molecule has 94 valence electrons. The highest BCUT2D eigenvalue weighted by atomic mass is 15.2. The second-order valence-corrected chi connectivity index (χ2v) is 4.80. The highest BCUT2D eigenvalue weighted by Crippen LogP contribution is 2.24. The first-order valence-electron chi connectivity index (χ1n) is 6.52. The summed E-state index contributed by atoms with van der Waals surface area (Å²) < 4.78 is 0. The van der Waals surface area contributed by atoms with Gasteiger partial charge in [-0.05, 0) is 38.6 Å². The van der Waals surface area contributed by atoms with Crippen molar-refractivity contribution < 1.29 is 0 Å². The fraction of sp³-hybridized carbons (Fsp3) is 0.692. The van der Waals surface area contributed by atoms with Gasteiger partial charge < -0.3 is 10.6 Å². The molecule has 1 aromatic heterocycles. The molecule has 1 aliphatic heterocycles. The SMILES string of the molecule is CCc1cc(N2CCC(CCN)C2)nc(C)n1. The Morgan fingerprint density at radius 2 is 2.29 bits per heavy atom. The van der Waals surface area contributed by atoms with E-state index in [1.807, 2.05) is 6.92 Å². The van der Waals surface area contributed by atoms with Crippen LogP contribution in [-0.4, -0.2) is 29.6 Å². The fourth-order valence-electron chi connectivity index (χ4n) is 2.47.